The van der Waals surface area contributed by atoms with Gasteiger partial charge in [-0.05, 0) is 62.1 Å². The van der Waals surface area contributed by atoms with Crippen LogP contribution in [0.4, 0.5) is 0 Å². The quantitative estimate of drug-likeness (QED) is 0.589. The summed E-state index contributed by atoms with van der Waals surface area (Å²) in [6.45, 7) is 3.77. The summed E-state index contributed by atoms with van der Waals surface area (Å²) in [6, 6.07) is 12.2. The molecule has 0 heterocycles. The van der Waals surface area contributed by atoms with Gasteiger partial charge in [0.15, 0.2) is 6.61 Å². The molecule has 31 heavy (non-hydrogen) atoms. The van der Waals surface area contributed by atoms with E-state index in [-0.39, 0.29) is 31.0 Å². The molecule has 1 fully saturated rings. The van der Waals surface area contributed by atoms with Gasteiger partial charge in [0.2, 0.25) is 5.91 Å². The van der Waals surface area contributed by atoms with Crippen molar-refractivity contribution in [3.8, 4) is 5.75 Å². The van der Waals surface area contributed by atoms with Crippen LogP contribution < -0.4 is 10.1 Å². The van der Waals surface area contributed by atoms with Gasteiger partial charge in [-0.1, -0.05) is 54.2 Å². The second-order valence-electron chi connectivity index (χ2n) is 8.04. The molecule has 166 valence electrons. The summed E-state index contributed by atoms with van der Waals surface area (Å²) < 4.78 is 5.70. The van der Waals surface area contributed by atoms with E-state index >= 15 is 0 Å². The number of nitrogens with zero attached hydrogens (tertiary/aromatic N) is 1. The summed E-state index contributed by atoms with van der Waals surface area (Å²) in [4.78, 5) is 27.5. The second kappa shape index (κ2) is 10.9. The van der Waals surface area contributed by atoms with Gasteiger partial charge in [-0.15, -0.1) is 0 Å². The monoisotopic (exact) mass is 462 g/mol. The highest BCUT2D eigenvalue weighted by atomic mass is 35.5. The van der Waals surface area contributed by atoms with E-state index in [2.05, 4.69) is 5.32 Å². The number of carbonyl (C=O) groups excluding carboxylic acids is 2. The first-order valence-corrected chi connectivity index (χ1v) is 11.3. The number of rotatable bonds is 8. The Balaban J connectivity index is 1.73. The molecule has 0 saturated heterocycles. The van der Waals surface area contributed by atoms with E-state index < -0.39 is 6.04 Å². The van der Waals surface area contributed by atoms with Crippen LogP contribution in [-0.2, 0) is 16.1 Å². The summed E-state index contributed by atoms with van der Waals surface area (Å²) in [6.07, 6.45) is 4.20. The Morgan fingerprint density at radius 1 is 1.13 bits per heavy atom. The lowest BCUT2D eigenvalue weighted by Gasteiger charge is -2.29. The number of halogens is 2. The largest absolute Gasteiger partial charge is 0.484 e. The second-order valence-corrected chi connectivity index (χ2v) is 8.86. The smallest absolute Gasteiger partial charge is 0.261 e. The molecule has 5 nitrogen and oxygen atoms in total. The van der Waals surface area contributed by atoms with E-state index in [0.29, 0.717) is 15.8 Å². The number of ether oxygens (including phenoxy) is 1. The van der Waals surface area contributed by atoms with Crippen molar-refractivity contribution in [2.24, 2.45) is 0 Å². The van der Waals surface area contributed by atoms with E-state index in [0.717, 1.165) is 36.8 Å². The van der Waals surface area contributed by atoms with Gasteiger partial charge in [-0.25, -0.2) is 0 Å². The minimum absolute atomic E-state index is 0.157. The van der Waals surface area contributed by atoms with Crippen LogP contribution in [0.25, 0.3) is 0 Å². The number of aryl methyl sites for hydroxylation is 1. The fourth-order valence-corrected chi connectivity index (χ4v) is 4.06. The number of hydrogen-bond donors (Lipinski definition) is 1. The van der Waals surface area contributed by atoms with Crippen LogP contribution >= 0.6 is 23.2 Å². The van der Waals surface area contributed by atoms with Gasteiger partial charge in [0.05, 0.1) is 10.0 Å². The van der Waals surface area contributed by atoms with Crippen molar-refractivity contribution in [1.82, 2.24) is 10.2 Å². The molecule has 1 aliphatic carbocycles. The fraction of sp³-hybridized carbons (Fsp3) is 0.417. The number of hydrogen-bond acceptors (Lipinski definition) is 3. The maximum absolute atomic E-state index is 13.1. The van der Waals surface area contributed by atoms with Crippen LogP contribution in [-0.4, -0.2) is 35.4 Å². The van der Waals surface area contributed by atoms with Crippen LogP contribution in [0.3, 0.4) is 0 Å². The highest BCUT2D eigenvalue weighted by Gasteiger charge is 2.28. The number of amides is 2. The van der Waals surface area contributed by atoms with Gasteiger partial charge < -0.3 is 15.0 Å². The van der Waals surface area contributed by atoms with Gasteiger partial charge in [-0.3, -0.25) is 9.59 Å². The molecule has 1 atom stereocenters. The van der Waals surface area contributed by atoms with Crippen molar-refractivity contribution >= 4 is 35.0 Å². The van der Waals surface area contributed by atoms with Crippen LogP contribution in [0.1, 0.15) is 43.7 Å². The lowest BCUT2D eigenvalue weighted by Crippen LogP contribution is -2.50. The zero-order valence-electron chi connectivity index (χ0n) is 17.9. The SMILES string of the molecule is Cc1cccc(OCC(=O)N(Cc2ccc(Cl)c(Cl)c2)C(C)C(=O)NC2CCCC2)c1. The summed E-state index contributed by atoms with van der Waals surface area (Å²) >= 11 is 12.2. The van der Waals surface area contributed by atoms with Crippen molar-refractivity contribution in [2.75, 3.05) is 6.61 Å². The maximum Gasteiger partial charge on any atom is 0.261 e. The van der Waals surface area contributed by atoms with Gasteiger partial charge in [0, 0.05) is 12.6 Å². The van der Waals surface area contributed by atoms with E-state index in [4.69, 9.17) is 27.9 Å². The van der Waals surface area contributed by atoms with Crippen LogP contribution in [0.5, 0.6) is 5.75 Å². The maximum atomic E-state index is 13.1. The van der Waals surface area contributed by atoms with Gasteiger partial charge in [0.1, 0.15) is 11.8 Å². The van der Waals surface area contributed by atoms with Crippen LogP contribution in [0, 0.1) is 6.92 Å². The summed E-state index contributed by atoms with van der Waals surface area (Å²) in [5.74, 6) is 0.184. The summed E-state index contributed by atoms with van der Waals surface area (Å²) in [7, 11) is 0. The Bertz CT molecular complexity index is 929. The molecular formula is C24H28Cl2N2O3. The molecule has 1 aliphatic rings. The molecule has 2 aromatic carbocycles. The predicted octanol–water partition coefficient (Wildman–Crippen LogP) is 5.16. The minimum atomic E-state index is -0.649. The molecule has 0 bridgehead atoms. The fourth-order valence-electron chi connectivity index (χ4n) is 3.74. The standard InChI is InChI=1S/C24H28Cl2N2O3/c1-16-6-5-9-20(12-16)31-15-23(29)28(14-18-10-11-21(25)22(26)13-18)17(2)24(30)27-19-7-3-4-8-19/h5-6,9-13,17,19H,3-4,7-8,14-15H2,1-2H3,(H,27,30). The molecular weight excluding hydrogens is 435 g/mol. The van der Waals surface area contributed by atoms with Crippen LogP contribution in [0.2, 0.25) is 10.0 Å². The molecule has 3 rings (SSSR count). The molecule has 0 aliphatic heterocycles. The normalized spacial score (nSPS) is 14.8. The van der Waals surface area contributed by atoms with Crippen LogP contribution in [0.15, 0.2) is 42.5 Å². The Morgan fingerprint density at radius 3 is 2.55 bits per heavy atom. The minimum Gasteiger partial charge on any atom is -0.484 e. The van der Waals surface area contributed by atoms with Gasteiger partial charge in [0.25, 0.3) is 5.91 Å². The van der Waals surface area contributed by atoms with Gasteiger partial charge in [-0.2, -0.15) is 0 Å². The Kier molecular flexibility index (Phi) is 8.22. The van der Waals surface area contributed by atoms with Crippen molar-refractivity contribution in [3.05, 3.63) is 63.6 Å². The third-order valence-electron chi connectivity index (χ3n) is 5.56. The Morgan fingerprint density at radius 2 is 1.87 bits per heavy atom. The first-order valence-electron chi connectivity index (χ1n) is 10.6. The van der Waals surface area contributed by atoms with E-state index in [1.165, 1.54) is 4.90 Å². The zero-order valence-corrected chi connectivity index (χ0v) is 19.4. The average Bonchev–Trinajstić information content (AvgIpc) is 3.25. The van der Waals surface area contributed by atoms with E-state index in [1.54, 1.807) is 31.2 Å². The molecule has 7 heteroatoms. The first kappa shape index (κ1) is 23.4. The molecule has 2 amide bonds. The Labute approximate surface area is 193 Å². The number of carbonyl (C=O) groups is 2. The first-order chi connectivity index (χ1) is 14.8. The van der Waals surface area contributed by atoms with E-state index in [1.807, 2.05) is 25.1 Å². The topological polar surface area (TPSA) is 58.6 Å². The lowest BCUT2D eigenvalue weighted by molar-refractivity contribution is -0.142. The molecule has 0 spiro atoms. The number of benzene rings is 2. The van der Waals surface area contributed by atoms with E-state index in [9.17, 15) is 9.59 Å². The molecule has 2 aromatic rings. The molecule has 1 saturated carbocycles. The van der Waals surface area contributed by atoms with Crippen molar-refractivity contribution in [3.63, 3.8) is 0 Å². The van der Waals surface area contributed by atoms with Crippen molar-refractivity contribution in [2.45, 2.75) is 58.2 Å². The third kappa shape index (κ3) is 6.62. The summed E-state index contributed by atoms with van der Waals surface area (Å²) in [5, 5.41) is 3.93. The van der Waals surface area contributed by atoms with Crippen molar-refractivity contribution in [1.29, 1.82) is 0 Å². The molecule has 0 radical (unpaired) electrons. The highest BCUT2D eigenvalue weighted by molar-refractivity contribution is 6.42. The lowest BCUT2D eigenvalue weighted by atomic mass is 10.1. The average molecular weight is 463 g/mol. The molecule has 1 unspecified atom stereocenters. The van der Waals surface area contributed by atoms with Gasteiger partial charge >= 0.3 is 0 Å². The summed E-state index contributed by atoms with van der Waals surface area (Å²) in [5.41, 5.74) is 1.83. The highest BCUT2D eigenvalue weighted by Crippen LogP contribution is 2.24. The van der Waals surface area contributed by atoms with Crippen molar-refractivity contribution < 1.29 is 14.3 Å². The zero-order chi connectivity index (χ0) is 22.4. The molecule has 1 N–H and O–H groups in total. The molecule has 0 aromatic heterocycles. The Hall–Kier alpha value is -2.24. The third-order valence-corrected chi connectivity index (χ3v) is 6.30. The number of nitrogens with one attached hydrogen (secondary N) is 1. The predicted molar refractivity (Wildman–Crippen MR) is 124 cm³/mol.